The number of nitrogens with one attached hydrogen (secondary N) is 2. The van der Waals surface area contributed by atoms with E-state index < -0.39 is 11.4 Å². The van der Waals surface area contributed by atoms with Crippen LogP contribution in [0.3, 0.4) is 0 Å². The number of ether oxygens (including phenoxy) is 1. The van der Waals surface area contributed by atoms with Gasteiger partial charge in [0.25, 0.3) is 0 Å². The molecule has 1 atom stereocenters. The van der Waals surface area contributed by atoms with E-state index in [-0.39, 0.29) is 24.1 Å². The molecule has 4 heterocycles. The molecule has 2 aliphatic heterocycles. The van der Waals surface area contributed by atoms with Crippen LogP contribution in [0.1, 0.15) is 12.8 Å². The number of nitrogens with two attached hydrogens (primary N) is 1. The normalized spacial score (nSPS) is 22.1. The van der Waals surface area contributed by atoms with Gasteiger partial charge in [-0.3, -0.25) is 0 Å². The number of anilines is 3. The largest absolute Gasteiger partial charge is 0.396 e. The number of hydrogen-bond donors (Lipinski definition) is 4. The predicted molar refractivity (Wildman–Crippen MR) is 106 cm³/mol. The first kappa shape index (κ1) is 19.7. The lowest BCUT2D eigenvalue weighted by molar-refractivity contribution is 0.122. The molecular formula is C18H25FN8O2. The summed E-state index contributed by atoms with van der Waals surface area (Å²) in [5, 5.41) is 16.0. The molecule has 2 saturated heterocycles. The topological polar surface area (TPSA) is 134 Å². The molecule has 4 rings (SSSR count). The number of hydrogen-bond acceptors (Lipinski definition) is 10. The molecule has 0 amide bonds. The molecule has 29 heavy (non-hydrogen) atoms. The molecule has 0 radical (unpaired) electrons. The van der Waals surface area contributed by atoms with E-state index in [0.29, 0.717) is 50.8 Å². The van der Waals surface area contributed by atoms with E-state index in [9.17, 15) is 5.11 Å². The smallest absolute Gasteiger partial charge is 0.228 e. The molecule has 0 spiro atoms. The zero-order valence-electron chi connectivity index (χ0n) is 16.1. The third-order valence-electron chi connectivity index (χ3n) is 5.30. The molecule has 2 aromatic rings. The van der Waals surface area contributed by atoms with Gasteiger partial charge in [0.2, 0.25) is 11.9 Å². The van der Waals surface area contributed by atoms with E-state index in [4.69, 9.17) is 10.5 Å². The van der Waals surface area contributed by atoms with E-state index in [1.54, 1.807) is 0 Å². The average molecular weight is 404 g/mol. The van der Waals surface area contributed by atoms with Gasteiger partial charge in [0, 0.05) is 44.2 Å². The van der Waals surface area contributed by atoms with Gasteiger partial charge in [0.1, 0.15) is 5.69 Å². The summed E-state index contributed by atoms with van der Waals surface area (Å²) in [6.07, 6.45) is 4.13. The van der Waals surface area contributed by atoms with Crippen LogP contribution in [0.25, 0.3) is 11.3 Å². The van der Waals surface area contributed by atoms with E-state index in [0.717, 1.165) is 13.0 Å². The second-order valence-electron chi connectivity index (χ2n) is 7.27. The highest BCUT2D eigenvalue weighted by molar-refractivity contribution is 5.65. The average Bonchev–Trinajstić information content (AvgIpc) is 3.19. The molecule has 156 valence electrons. The second kappa shape index (κ2) is 8.39. The van der Waals surface area contributed by atoms with Crippen LogP contribution < -0.4 is 21.3 Å². The van der Waals surface area contributed by atoms with Crippen LogP contribution in [0.2, 0.25) is 0 Å². The van der Waals surface area contributed by atoms with Crippen molar-refractivity contribution in [1.29, 1.82) is 0 Å². The fraction of sp³-hybridized carbons (Fsp3) is 0.556. The summed E-state index contributed by atoms with van der Waals surface area (Å²) in [4.78, 5) is 18.8. The van der Waals surface area contributed by atoms with Gasteiger partial charge in [-0.15, -0.1) is 0 Å². The lowest BCUT2D eigenvalue weighted by Crippen LogP contribution is -2.42. The van der Waals surface area contributed by atoms with Gasteiger partial charge in [-0.1, -0.05) is 0 Å². The maximum absolute atomic E-state index is 15.5. The Balaban J connectivity index is 1.76. The number of nitrogens with zero attached hydrogens (tertiary/aromatic N) is 5. The molecule has 2 aromatic heterocycles. The zero-order valence-corrected chi connectivity index (χ0v) is 16.1. The summed E-state index contributed by atoms with van der Waals surface area (Å²) < 4.78 is 20.9. The Morgan fingerprint density at radius 2 is 2.03 bits per heavy atom. The van der Waals surface area contributed by atoms with E-state index >= 15 is 4.39 Å². The number of nitrogen functional groups attached to an aromatic ring is 1. The molecule has 5 N–H and O–H groups in total. The van der Waals surface area contributed by atoms with Gasteiger partial charge in [0.05, 0.1) is 18.8 Å². The van der Waals surface area contributed by atoms with Gasteiger partial charge >= 0.3 is 0 Å². The molecule has 2 fully saturated rings. The maximum atomic E-state index is 15.5. The van der Waals surface area contributed by atoms with E-state index in [1.807, 2.05) is 4.90 Å². The molecular weight excluding hydrogens is 379 g/mol. The number of aliphatic hydroxyl groups is 1. The van der Waals surface area contributed by atoms with Gasteiger partial charge in [-0.05, 0) is 19.4 Å². The van der Waals surface area contributed by atoms with Crippen molar-refractivity contribution in [2.45, 2.75) is 18.4 Å². The van der Waals surface area contributed by atoms with E-state index in [2.05, 4.69) is 30.6 Å². The Hall–Kier alpha value is -2.63. The summed E-state index contributed by atoms with van der Waals surface area (Å²) >= 11 is 0. The summed E-state index contributed by atoms with van der Waals surface area (Å²) in [5.74, 6) is 0.0353. The van der Waals surface area contributed by atoms with Crippen molar-refractivity contribution >= 4 is 17.7 Å². The SMILES string of the molecule is Nc1ncc(-c2nc(N3CCOCC3)nc(N[C@@]3(CCO)CCNC3)c2F)cn1. The molecule has 0 bridgehead atoms. The van der Waals surface area contributed by atoms with Crippen LogP contribution in [0.15, 0.2) is 12.4 Å². The summed E-state index contributed by atoms with van der Waals surface area (Å²) in [5.41, 5.74) is 5.61. The third kappa shape index (κ3) is 4.21. The second-order valence-corrected chi connectivity index (χ2v) is 7.27. The highest BCUT2D eigenvalue weighted by Crippen LogP contribution is 2.31. The minimum atomic E-state index is -0.584. The van der Waals surface area contributed by atoms with Crippen LogP contribution in [0.5, 0.6) is 0 Å². The van der Waals surface area contributed by atoms with Gasteiger partial charge in [-0.25, -0.2) is 19.3 Å². The van der Waals surface area contributed by atoms with E-state index in [1.165, 1.54) is 12.4 Å². The first-order chi connectivity index (χ1) is 14.1. The fourth-order valence-corrected chi connectivity index (χ4v) is 3.67. The first-order valence-corrected chi connectivity index (χ1v) is 9.68. The standard InChI is InChI=1S/C18H25FN8O2/c19-13-14(12-9-22-16(20)23-10-12)24-17(27-4-7-29-8-5-27)25-15(13)26-18(2-6-28)1-3-21-11-18/h9-10,21,28H,1-8,11H2,(H2,20,22,23)(H,24,25,26)/t18-/m1/s1. The van der Waals surface area contributed by atoms with Crippen LogP contribution >= 0.6 is 0 Å². The minimum Gasteiger partial charge on any atom is -0.396 e. The molecule has 2 aliphatic rings. The molecule has 11 heteroatoms. The molecule has 10 nitrogen and oxygen atoms in total. The Morgan fingerprint density at radius 3 is 2.69 bits per heavy atom. The van der Waals surface area contributed by atoms with Crippen LogP contribution in [0, 0.1) is 5.82 Å². The van der Waals surface area contributed by atoms with Crippen LogP contribution in [-0.4, -0.2) is 76.6 Å². The van der Waals surface area contributed by atoms with Gasteiger partial charge in [0.15, 0.2) is 11.6 Å². The number of rotatable bonds is 6. The Bertz CT molecular complexity index is 838. The van der Waals surface area contributed by atoms with Crippen molar-refractivity contribution in [2.24, 2.45) is 0 Å². The van der Waals surface area contributed by atoms with Crippen molar-refractivity contribution in [1.82, 2.24) is 25.3 Å². The summed E-state index contributed by atoms with van der Waals surface area (Å²) in [6, 6.07) is 0. The van der Waals surface area contributed by atoms with Gasteiger partial charge in [-0.2, -0.15) is 4.98 Å². The molecule has 0 saturated carbocycles. The zero-order chi connectivity index (χ0) is 20.3. The van der Waals surface area contributed by atoms with Crippen molar-refractivity contribution in [3.05, 3.63) is 18.2 Å². The van der Waals surface area contributed by atoms with Crippen molar-refractivity contribution in [3.63, 3.8) is 0 Å². The number of aliphatic hydroxyl groups excluding tert-OH is 1. The van der Waals surface area contributed by atoms with Crippen molar-refractivity contribution in [3.8, 4) is 11.3 Å². The Kier molecular flexibility index (Phi) is 5.69. The Labute approximate surface area is 167 Å². The third-order valence-corrected chi connectivity index (χ3v) is 5.30. The summed E-state index contributed by atoms with van der Waals surface area (Å²) in [7, 11) is 0. The van der Waals surface area contributed by atoms with Crippen LogP contribution in [0.4, 0.5) is 22.1 Å². The molecule has 0 aromatic carbocycles. The first-order valence-electron chi connectivity index (χ1n) is 9.68. The highest BCUT2D eigenvalue weighted by atomic mass is 19.1. The fourth-order valence-electron chi connectivity index (χ4n) is 3.67. The van der Waals surface area contributed by atoms with Crippen LogP contribution in [-0.2, 0) is 4.74 Å². The maximum Gasteiger partial charge on any atom is 0.228 e. The monoisotopic (exact) mass is 404 g/mol. The number of morpholine rings is 1. The van der Waals surface area contributed by atoms with Crippen molar-refractivity contribution in [2.75, 3.05) is 62.0 Å². The predicted octanol–water partition coefficient (Wildman–Crippen LogP) is 0.0179. The quantitative estimate of drug-likeness (QED) is 0.522. The number of aromatic nitrogens is 4. The molecule has 0 aliphatic carbocycles. The lowest BCUT2D eigenvalue weighted by atomic mass is 9.94. The lowest BCUT2D eigenvalue weighted by Gasteiger charge is -2.31. The Morgan fingerprint density at radius 1 is 1.28 bits per heavy atom. The van der Waals surface area contributed by atoms with Gasteiger partial charge < -0.3 is 31.1 Å². The number of halogens is 1. The summed E-state index contributed by atoms with van der Waals surface area (Å²) in [6.45, 7) is 3.75. The minimum absolute atomic E-state index is 0.00361. The highest BCUT2D eigenvalue weighted by Gasteiger charge is 2.35. The molecule has 0 unspecified atom stereocenters. The van der Waals surface area contributed by atoms with Crippen molar-refractivity contribution < 1.29 is 14.2 Å².